The predicted octanol–water partition coefficient (Wildman–Crippen LogP) is -0.176. The van der Waals surface area contributed by atoms with Gasteiger partial charge in [0.2, 0.25) is 5.91 Å². The van der Waals surface area contributed by atoms with Crippen molar-refractivity contribution in [3.05, 3.63) is 0 Å². The summed E-state index contributed by atoms with van der Waals surface area (Å²) < 4.78 is 23.8. The second kappa shape index (κ2) is 2.65. The number of alkyl halides is 2. The van der Waals surface area contributed by atoms with E-state index >= 15 is 0 Å². The minimum Gasteiger partial charge on any atom is -0.334 e. The molecule has 3 heterocycles. The number of amides is 1. The van der Waals surface area contributed by atoms with Crippen molar-refractivity contribution in [2.45, 2.75) is 24.9 Å². The van der Waals surface area contributed by atoms with Crippen molar-refractivity contribution < 1.29 is 13.6 Å². The lowest BCUT2D eigenvalue weighted by atomic mass is 9.90. The minimum atomic E-state index is -2.41. The zero-order valence-corrected chi connectivity index (χ0v) is 6.46. The number of fused-ring (bicyclic) bond motifs is 2. The molecule has 0 aromatic heterocycles. The van der Waals surface area contributed by atoms with Gasteiger partial charge in [-0.3, -0.25) is 4.79 Å². The highest BCUT2D eigenvalue weighted by Gasteiger charge is 2.43. The zero-order valence-electron chi connectivity index (χ0n) is 6.46. The van der Waals surface area contributed by atoms with Crippen LogP contribution in [0.3, 0.4) is 0 Å². The normalized spacial score (nSPS) is 33.9. The van der Waals surface area contributed by atoms with Crippen LogP contribution in [0.15, 0.2) is 0 Å². The maximum Gasteiger partial charge on any atom is 0.255 e. The van der Waals surface area contributed by atoms with E-state index in [1.807, 2.05) is 0 Å². The molecule has 0 radical (unpaired) electrons. The molecule has 3 saturated heterocycles. The van der Waals surface area contributed by atoms with Crippen molar-refractivity contribution in [1.82, 2.24) is 10.2 Å². The van der Waals surface area contributed by atoms with Crippen LogP contribution in [0.2, 0.25) is 0 Å². The van der Waals surface area contributed by atoms with Crippen LogP contribution >= 0.6 is 0 Å². The Kier molecular flexibility index (Phi) is 1.75. The van der Waals surface area contributed by atoms with Crippen LogP contribution in [-0.4, -0.2) is 42.4 Å². The number of halogens is 2. The Bertz CT molecular complexity index is 202. The van der Waals surface area contributed by atoms with E-state index in [2.05, 4.69) is 5.32 Å². The lowest BCUT2D eigenvalue weighted by Crippen LogP contribution is -2.70. The molecule has 3 nitrogen and oxygen atoms in total. The first-order chi connectivity index (χ1) is 5.66. The molecule has 0 saturated carbocycles. The van der Waals surface area contributed by atoms with Crippen LogP contribution in [0.5, 0.6) is 0 Å². The molecule has 0 spiro atoms. The summed E-state index contributed by atoms with van der Waals surface area (Å²) in [5.41, 5.74) is 0. The molecule has 2 bridgehead atoms. The van der Waals surface area contributed by atoms with Gasteiger partial charge >= 0.3 is 0 Å². The van der Waals surface area contributed by atoms with E-state index in [0.29, 0.717) is 6.54 Å². The topological polar surface area (TPSA) is 32.3 Å². The van der Waals surface area contributed by atoms with Crippen LogP contribution in [0.1, 0.15) is 6.42 Å². The van der Waals surface area contributed by atoms with Crippen molar-refractivity contribution in [3.8, 4) is 0 Å². The SMILES string of the molecule is O=C1C2CC(CN1CC(F)F)N2. The van der Waals surface area contributed by atoms with Gasteiger partial charge in [0, 0.05) is 12.6 Å². The third-order valence-electron chi connectivity index (χ3n) is 2.37. The summed E-state index contributed by atoms with van der Waals surface area (Å²) in [5, 5.41) is 3.00. The number of nitrogens with one attached hydrogen (secondary N) is 1. The first kappa shape index (κ1) is 7.91. The summed E-state index contributed by atoms with van der Waals surface area (Å²) in [7, 11) is 0. The van der Waals surface area contributed by atoms with E-state index in [9.17, 15) is 13.6 Å². The molecule has 2 unspecified atom stereocenters. The minimum absolute atomic E-state index is 0.169. The van der Waals surface area contributed by atoms with Gasteiger partial charge in [-0.25, -0.2) is 8.78 Å². The molecule has 0 aliphatic carbocycles. The summed E-state index contributed by atoms with van der Waals surface area (Å²) in [6, 6.07) is 0.0777. The van der Waals surface area contributed by atoms with Gasteiger partial charge in [-0.1, -0.05) is 0 Å². The number of rotatable bonds is 2. The van der Waals surface area contributed by atoms with Crippen LogP contribution < -0.4 is 5.32 Å². The number of hydrogen-bond acceptors (Lipinski definition) is 2. The Morgan fingerprint density at radius 3 is 2.83 bits per heavy atom. The Labute approximate surface area is 68.7 Å². The molecule has 1 N–H and O–H groups in total. The van der Waals surface area contributed by atoms with Gasteiger partial charge in [-0.15, -0.1) is 0 Å². The van der Waals surface area contributed by atoms with Crippen molar-refractivity contribution >= 4 is 5.91 Å². The second-order valence-corrected chi connectivity index (χ2v) is 3.29. The van der Waals surface area contributed by atoms with Gasteiger partial charge < -0.3 is 10.2 Å². The Balaban J connectivity index is 1.94. The van der Waals surface area contributed by atoms with E-state index in [0.717, 1.165) is 6.42 Å². The third kappa shape index (κ3) is 1.18. The fraction of sp³-hybridized carbons (Fsp3) is 0.857. The molecule has 3 rings (SSSR count). The van der Waals surface area contributed by atoms with Gasteiger partial charge in [0.15, 0.2) is 0 Å². The standard InChI is InChI=1S/C7H10F2N2O/c8-6(9)3-11-2-4-1-5(10-4)7(11)12/h4-6,10H,1-3H2. The molecule has 68 valence electrons. The van der Waals surface area contributed by atoms with E-state index in [4.69, 9.17) is 0 Å². The highest BCUT2D eigenvalue weighted by atomic mass is 19.3. The van der Waals surface area contributed by atoms with Crippen molar-refractivity contribution in [1.29, 1.82) is 0 Å². The molecular weight excluding hydrogens is 166 g/mol. The van der Waals surface area contributed by atoms with Crippen LogP contribution in [0.25, 0.3) is 0 Å². The molecule has 0 aromatic carbocycles. The highest BCUT2D eigenvalue weighted by Crippen LogP contribution is 2.22. The van der Waals surface area contributed by atoms with Gasteiger partial charge in [0.25, 0.3) is 6.43 Å². The molecule has 5 heteroatoms. The molecule has 3 fully saturated rings. The number of hydrogen-bond donors (Lipinski definition) is 1. The van der Waals surface area contributed by atoms with E-state index in [-0.39, 0.29) is 18.0 Å². The number of carbonyl (C=O) groups excluding carboxylic acids is 1. The lowest BCUT2D eigenvalue weighted by molar-refractivity contribution is -0.145. The maximum absolute atomic E-state index is 11.9. The Morgan fingerprint density at radius 2 is 2.33 bits per heavy atom. The zero-order chi connectivity index (χ0) is 8.72. The fourth-order valence-corrected chi connectivity index (χ4v) is 1.75. The number of nitrogens with zero attached hydrogens (tertiary/aromatic N) is 1. The van der Waals surface area contributed by atoms with E-state index < -0.39 is 13.0 Å². The largest absolute Gasteiger partial charge is 0.334 e. The van der Waals surface area contributed by atoms with Crippen LogP contribution in [0, 0.1) is 0 Å². The average Bonchev–Trinajstić information content (AvgIpc) is 1.89. The molecule has 1 amide bonds. The summed E-state index contributed by atoms with van der Waals surface area (Å²) >= 11 is 0. The summed E-state index contributed by atoms with van der Waals surface area (Å²) in [5.74, 6) is -0.169. The van der Waals surface area contributed by atoms with E-state index in [1.165, 1.54) is 4.90 Å². The quantitative estimate of drug-likeness (QED) is 0.633. The summed E-state index contributed by atoms with van der Waals surface area (Å²) in [6.45, 7) is 0.0349. The smallest absolute Gasteiger partial charge is 0.255 e. The lowest BCUT2D eigenvalue weighted by Gasteiger charge is -2.47. The van der Waals surface area contributed by atoms with Gasteiger partial charge in [0.05, 0.1) is 12.6 Å². The molecular formula is C7H10F2N2O. The highest BCUT2D eigenvalue weighted by molar-refractivity contribution is 5.84. The Hall–Kier alpha value is -0.710. The third-order valence-corrected chi connectivity index (χ3v) is 2.37. The molecule has 3 aliphatic heterocycles. The van der Waals surface area contributed by atoms with Crippen molar-refractivity contribution in [2.75, 3.05) is 13.1 Å². The fourth-order valence-electron chi connectivity index (χ4n) is 1.75. The summed E-state index contributed by atoms with van der Waals surface area (Å²) in [6.07, 6.45) is -1.59. The molecule has 0 aromatic rings. The van der Waals surface area contributed by atoms with Gasteiger partial charge in [-0.05, 0) is 6.42 Å². The molecule has 12 heavy (non-hydrogen) atoms. The number of carbonyl (C=O) groups is 1. The van der Waals surface area contributed by atoms with E-state index in [1.54, 1.807) is 0 Å². The van der Waals surface area contributed by atoms with Crippen LogP contribution in [0.4, 0.5) is 8.78 Å². The Morgan fingerprint density at radius 1 is 1.67 bits per heavy atom. The first-order valence-corrected chi connectivity index (χ1v) is 4.00. The monoisotopic (exact) mass is 176 g/mol. The first-order valence-electron chi connectivity index (χ1n) is 4.00. The van der Waals surface area contributed by atoms with Gasteiger partial charge in [-0.2, -0.15) is 0 Å². The summed E-state index contributed by atoms with van der Waals surface area (Å²) in [4.78, 5) is 12.5. The molecule has 2 atom stereocenters. The number of piperazine rings is 1. The van der Waals surface area contributed by atoms with Crippen LogP contribution in [-0.2, 0) is 4.79 Å². The number of piperidine rings is 1. The predicted molar refractivity (Wildman–Crippen MR) is 37.9 cm³/mol. The molecule has 3 aliphatic rings. The second-order valence-electron chi connectivity index (χ2n) is 3.29. The van der Waals surface area contributed by atoms with Crippen molar-refractivity contribution in [2.24, 2.45) is 0 Å². The van der Waals surface area contributed by atoms with Crippen molar-refractivity contribution in [3.63, 3.8) is 0 Å². The van der Waals surface area contributed by atoms with Gasteiger partial charge in [0.1, 0.15) is 0 Å². The maximum atomic E-state index is 11.9. The average molecular weight is 176 g/mol.